The molecule has 0 saturated heterocycles. The van der Waals surface area contributed by atoms with Gasteiger partial charge in [-0.05, 0) is 11.6 Å². The molecule has 24 heavy (non-hydrogen) atoms. The summed E-state index contributed by atoms with van der Waals surface area (Å²) >= 11 is 0. The molecule has 0 atom stereocenters. The van der Waals surface area contributed by atoms with Gasteiger partial charge >= 0.3 is 0 Å². The highest BCUT2D eigenvalue weighted by Gasteiger charge is 2.13. The summed E-state index contributed by atoms with van der Waals surface area (Å²) in [5.41, 5.74) is 4.93. The Kier molecular flexibility index (Phi) is 4.57. The molecule has 0 radical (unpaired) electrons. The molecule has 3 rings (SSSR count). The van der Waals surface area contributed by atoms with Crippen LogP contribution < -0.4 is 9.80 Å². The molecule has 0 spiro atoms. The van der Waals surface area contributed by atoms with Crippen LogP contribution in [0.4, 0.5) is 11.4 Å². The van der Waals surface area contributed by atoms with Gasteiger partial charge in [0.2, 0.25) is 0 Å². The molecular weight excluding hydrogens is 292 g/mol. The lowest BCUT2D eigenvalue weighted by atomic mass is 9.99. The second-order valence-corrected chi connectivity index (χ2v) is 6.41. The van der Waals surface area contributed by atoms with Crippen molar-refractivity contribution in [2.75, 3.05) is 38.0 Å². The van der Waals surface area contributed by atoms with Crippen LogP contribution in [-0.4, -0.2) is 28.2 Å². The third-order valence-corrected chi connectivity index (χ3v) is 4.21. The van der Waals surface area contributed by atoms with Crippen molar-refractivity contribution in [3.63, 3.8) is 0 Å². The van der Waals surface area contributed by atoms with E-state index in [4.69, 9.17) is 0 Å². The molecule has 122 valence electrons. The molecule has 0 aliphatic carbocycles. The van der Waals surface area contributed by atoms with Crippen LogP contribution in [0.3, 0.4) is 0 Å². The van der Waals surface area contributed by atoms with E-state index in [0.29, 0.717) is 0 Å². The number of benzene rings is 3. The standard InChI is InChI=1S/C22H24N2/c1-23(2)21-16-18(15-14-17-10-6-5-7-11-17)22(24(3)4)20-13-9-8-12-19(20)21/h5-16H,1-4H3. The Morgan fingerprint density at radius 2 is 1.29 bits per heavy atom. The SMILES string of the molecule is CN(C)c1cc(C=Cc2ccccc2)c(N(C)C)c2ccccc12. The molecule has 0 amide bonds. The molecule has 0 fully saturated rings. The molecule has 2 nitrogen and oxygen atoms in total. The first-order chi connectivity index (χ1) is 11.6. The minimum atomic E-state index is 1.21. The zero-order chi connectivity index (χ0) is 17.1. The fraction of sp³-hybridized carbons (Fsp3) is 0.182. The van der Waals surface area contributed by atoms with Gasteiger partial charge in [-0.2, -0.15) is 0 Å². The summed E-state index contributed by atoms with van der Waals surface area (Å²) in [6, 6.07) is 21.3. The van der Waals surface area contributed by atoms with Gasteiger partial charge in [-0.3, -0.25) is 0 Å². The van der Waals surface area contributed by atoms with Crippen molar-refractivity contribution in [2.45, 2.75) is 0 Å². The summed E-state index contributed by atoms with van der Waals surface area (Å²) in [5.74, 6) is 0. The van der Waals surface area contributed by atoms with E-state index in [1.807, 2.05) is 6.07 Å². The van der Waals surface area contributed by atoms with Crippen LogP contribution in [-0.2, 0) is 0 Å². The van der Waals surface area contributed by atoms with Crippen LogP contribution in [0.5, 0.6) is 0 Å². The minimum Gasteiger partial charge on any atom is -0.377 e. The van der Waals surface area contributed by atoms with Gasteiger partial charge in [0, 0.05) is 50.2 Å². The van der Waals surface area contributed by atoms with E-state index in [2.05, 4.69) is 105 Å². The van der Waals surface area contributed by atoms with Crippen molar-refractivity contribution in [1.29, 1.82) is 0 Å². The largest absolute Gasteiger partial charge is 0.377 e. The zero-order valence-electron chi connectivity index (χ0n) is 14.8. The monoisotopic (exact) mass is 316 g/mol. The Bertz CT molecular complexity index is 862. The number of nitrogens with zero attached hydrogens (tertiary/aromatic N) is 2. The highest BCUT2D eigenvalue weighted by Crippen LogP contribution is 2.37. The molecule has 0 heterocycles. The summed E-state index contributed by atoms with van der Waals surface area (Å²) in [6.45, 7) is 0. The third-order valence-electron chi connectivity index (χ3n) is 4.21. The number of hydrogen-bond donors (Lipinski definition) is 0. The average Bonchev–Trinajstić information content (AvgIpc) is 2.59. The van der Waals surface area contributed by atoms with Crippen molar-refractivity contribution in [3.8, 4) is 0 Å². The lowest BCUT2D eigenvalue weighted by molar-refractivity contribution is 1.12. The first-order valence-corrected chi connectivity index (χ1v) is 8.21. The highest BCUT2D eigenvalue weighted by molar-refractivity contribution is 6.06. The van der Waals surface area contributed by atoms with Crippen molar-refractivity contribution >= 4 is 34.3 Å². The fourth-order valence-electron chi connectivity index (χ4n) is 3.11. The highest BCUT2D eigenvalue weighted by atomic mass is 15.1. The van der Waals surface area contributed by atoms with Gasteiger partial charge in [-0.25, -0.2) is 0 Å². The Morgan fingerprint density at radius 3 is 1.92 bits per heavy atom. The Hall–Kier alpha value is -2.74. The van der Waals surface area contributed by atoms with E-state index >= 15 is 0 Å². The van der Waals surface area contributed by atoms with Crippen LogP contribution in [0.1, 0.15) is 11.1 Å². The second kappa shape index (κ2) is 6.79. The van der Waals surface area contributed by atoms with Crippen LogP contribution in [0.25, 0.3) is 22.9 Å². The van der Waals surface area contributed by atoms with Crippen molar-refractivity contribution in [3.05, 3.63) is 71.8 Å². The molecule has 0 saturated carbocycles. The summed E-state index contributed by atoms with van der Waals surface area (Å²) in [6.07, 6.45) is 4.39. The summed E-state index contributed by atoms with van der Waals surface area (Å²) in [4.78, 5) is 4.38. The Balaban J connectivity index is 2.22. The molecule has 3 aromatic rings. The first-order valence-electron chi connectivity index (χ1n) is 8.21. The quantitative estimate of drug-likeness (QED) is 0.615. The smallest absolute Gasteiger partial charge is 0.0515 e. The topological polar surface area (TPSA) is 6.48 Å². The van der Waals surface area contributed by atoms with Crippen LogP contribution in [0, 0.1) is 0 Å². The number of anilines is 2. The van der Waals surface area contributed by atoms with Gasteiger partial charge in [-0.15, -0.1) is 0 Å². The van der Waals surface area contributed by atoms with Crippen LogP contribution in [0.2, 0.25) is 0 Å². The first kappa shape index (κ1) is 16.1. The predicted octanol–water partition coefficient (Wildman–Crippen LogP) is 5.14. The van der Waals surface area contributed by atoms with E-state index in [1.165, 1.54) is 33.3 Å². The maximum atomic E-state index is 2.27. The van der Waals surface area contributed by atoms with E-state index in [0.717, 1.165) is 0 Å². The molecular formula is C22H24N2. The van der Waals surface area contributed by atoms with Gasteiger partial charge < -0.3 is 9.80 Å². The molecule has 0 aromatic heterocycles. The molecule has 0 aliphatic rings. The molecule has 3 aromatic carbocycles. The normalized spacial score (nSPS) is 11.2. The van der Waals surface area contributed by atoms with Gasteiger partial charge in [-0.1, -0.05) is 66.7 Å². The summed E-state index contributed by atoms with van der Waals surface area (Å²) in [7, 11) is 8.41. The number of fused-ring (bicyclic) bond motifs is 1. The second-order valence-electron chi connectivity index (χ2n) is 6.41. The van der Waals surface area contributed by atoms with Crippen LogP contribution in [0.15, 0.2) is 60.7 Å². The van der Waals surface area contributed by atoms with Crippen LogP contribution >= 0.6 is 0 Å². The van der Waals surface area contributed by atoms with Crippen molar-refractivity contribution in [1.82, 2.24) is 0 Å². The predicted molar refractivity (Wildman–Crippen MR) is 108 cm³/mol. The average molecular weight is 316 g/mol. The van der Waals surface area contributed by atoms with E-state index in [9.17, 15) is 0 Å². The number of rotatable bonds is 4. The van der Waals surface area contributed by atoms with E-state index in [1.54, 1.807) is 0 Å². The molecule has 0 aliphatic heterocycles. The van der Waals surface area contributed by atoms with Crippen molar-refractivity contribution in [2.24, 2.45) is 0 Å². The summed E-state index contributed by atoms with van der Waals surface area (Å²) in [5, 5.41) is 2.56. The van der Waals surface area contributed by atoms with Gasteiger partial charge in [0.1, 0.15) is 0 Å². The molecule has 0 N–H and O–H groups in total. The van der Waals surface area contributed by atoms with Gasteiger partial charge in [0.15, 0.2) is 0 Å². The summed E-state index contributed by atoms with van der Waals surface area (Å²) < 4.78 is 0. The Morgan fingerprint density at radius 1 is 0.667 bits per heavy atom. The van der Waals surface area contributed by atoms with E-state index in [-0.39, 0.29) is 0 Å². The maximum absolute atomic E-state index is 2.27. The third kappa shape index (κ3) is 3.13. The molecule has 2 heteroatoms. The lowest BCUT2D eigenvalue weighted by Gasteiger charge is -2.23. The Labute approximate surface area is 144 Å². The number of hydrogen-bond acceptors (Lipinski definition) is 2. The van der Waals surface area contributed by atoms with Gasteiger partial charge in [0.25, 0.3) is 0 Å². The van der Waals surface area contributed by atoms with E-state index < -0.39 is 0 Å². The maximum Gasteiger partial charge on any atom is 0.0515 e. The fourth-order valence-corrected chi connectivity index (χ4v) is 3.11. The minimum absolute atomic E-state index is 1.21. The van der Waals surface area contributed by atoms with Crippen molar-refractivity contribution < 1.29 is 0 Å². The molecule has 0 bridgehead atoms. The lowest BCUT2D eigenvalue weighted by Crippen LogP contribution is -2.14. The zero-order valence-corrected chi connectivity index (χ0v) is 14.8. The molecule has 0 unspecified atom stereocenters. The van der Waals surface area contributed by atoms with Gasteiger partial charge in [0.05, 0.1) is 5.69 Å².